The Morgan fingerprint density at radius 3 is 2.26 bits per heavy atom. The molecule has 2 aromatic carbocycles. The van der Waals surface area contributed by atoms with Gasteiger partial charge in [0.15, 0.2) is 0 Å². The second kappa shape index (κ2) is 11.6. The van der Waals surface area contributed by atoms with E-state index in [0.717, 1.165) is 29.4 Å². The number of aliphatic carboxylic acids is 1. The lowest BCUT2D eigenvalue weighted by Crippen LogP contribution is -2.46. The first-order valence-corrected chi connectivity index (χ1v) is 12.8. The van der Waals surface area contributed by atoms with Gasteiger partial charge in [-0.25, -0.2) is 4.31 Å². The molecule has 5 nitrogen and oxygen atoms in total. The summed E-state index contributed by atoms with van der Waals surface area (Å²) in [5, 5.41) is 9.78. The molecule has 1 N–H and O–H groups in total. The van der Waals surface area contributed by atoms with E-state index in [1.54, 1.807) is 0 Å². The molecule has 35 heavy (non-hydrogen) atoms. The molecule has 0 aromatic heterocycles. The fraction of sp³-hybridized carbons (Fsp3) is 0.500. The SMILES string of the molecule is O=C(O)C1CC(Oc2ccc(C(F)(F)F)cc2)CCN1Sc1ccc(OCC2CCCCC2)cc1. The van der Waals surface area contributed by atoms with Gasteiger partial charge >= 0.3 is 12.1 Å². The van der Waals surface area contributed by atoms with Crippen LogP contribution in [0.15, 0.2) is 53.4 Å². The van der Waals surface area contributed by atoms with Crippen molar-refractivity contribution in [2.24, 2.45) is 5.92 Å². The monoisotopic (exact) mass is 509 g/mol. The van der Waals surface area contributed by atoms with Crippen LogP contribution in [0.1, 0.15) is 50.5 Å². The first kappa shape index (κ1) is 25.7. The first-order chi connectivity index (χ1) is 16.8. The van der Waals surface area contributed by atoms with E-state index in [9.17, 15) is 23.1 Å². The molecule has 2 unspecified atom stereocenters. The lowest BCUT2D eigenvalue weighted by atomic mass is 9.90. The smallest absolute Gasteiger partial charge is 0.416 e. The number of alkyl halides is 3. The molecule has 0 bridgehead atoms. The second-order valence-electron chi connectivity index (χ2n) is 9.16. The number of rotatable bonds is 8. The van der Waals surface area contributed by atoms with Gasteiger partial charge in [0.2, 0.25) is 0 Å². The van der Waals surface area contributed by atoms with E-state index < -0.39 is 23.8 Å². The summed E-state index contributed by atoms with van der Waals surface area (Å²) in [6.45, 7) is 1.22. The van der Waals surface area contributed by atoms with Crippen LogP contribution in [0.5, 0.6) is 11.5 Å². The third-order valence-electron chi connectivity index (χ3n) is 6.53. The Bertz CT molecular complexity index is 962. The fourth-order valence-corrected chi connectivity index (χ4v) is 5.60. The molecule has 1 aliphatic carbocycles. The summed E-state index contributed by atoms with van der Waals surface area (Å²) in [6, 6.07) is 11.4. The minimum atomic E-state index is -4.41. The van der Waals surface area contributed by atoms with Crippen molar-refractivity contribution in [2.45, 2.75) is 68.2 Å². The molecule has 0 radical (unpaired) electrons. The minimum absolute atomic E-state index is 0.242. The molecule has 0 amide bonds. The summed E-state index contributed by atoms with van der Waals surface area (Å²) in [4.78, 5) is 12.9. The van der Waals surface area contributed by atoms with Gasteiger partial charge in [-0.1, -0.05) is 19.3 Å². The van der Waals surface area contributed by atoms with Gasteiger partial charge in [-0.2, -0.15) is 13.2 Å². The van der Waals surface area contributed by atoms with Gasteiger partial charge < -0.3 is 14.6 Å². The van der Waals surface area contributed by atoms with Crippen molar-refractivity contribution in [3.05, 3.63) is 54.1 Å². The summed E-state index contributed by atoms with van der Waals surface area (Å²) in [7, 11) is 0. The van der Waals surface area contributed by atoms with Crippen molar-refractivity contribution in [2.75, 3.05) is 13.2 Å². The highest BCUT2D eigenvalue weighted by Gasteiger charge is 2.35. The lowest BCUT2D eigenvalue weighted by Gasteiger charge is -2.36. The minimum Gasteiger partial charge on any atom is -0.493 e. The van der Waals surface area contributed by atoms with Crippen molar-refractivity contribution in [3.63, 3.8) is 0 Å². The molecule has 2 aliphatic rings. The zero-order valence-corrected chi connectivity index (χ0v) is 20.2. The Kier molecular flexibility index (Phi) is 8.49. The van der Waals surface area contributed by atoms with Gasteiger partial charge in [-0.05, 0) is 85.7 Å². The molecule has 1 saturated carbocycles. The van der Waals surface area contributed by atoms with Gasteiger partial charge in [0.25, 0.3) is 0 Å². The predicted octanol–water partition coefficient (Wildman–Crippen LogP) is 6.67. The van der Waals surface area contributed by atoms with E-state index in [-0.39, 0.29) is 12.5 Å². The number of halogens is 3. The van der Waals surface area contributed by atoms with Crippen LogP contribution in [0.25, 0.3) is 0 Å². The quantitative estimate of drug-likeness (QED) is 0.401. The van der Waals surface area contributed by atoms with Gasteiger partial charge in [0.05, 0.1) is 12.2 Å². The van der Waals surface area contributed by atoms with Crippen LogP contribution in [0, 0.1) is 5.92 Å². The molecule has 2 aromatic rings. The molecule has 190 valence electrons. The highest BCUT2D eigenvalue weighted by Crippen LogP contribution is 2.34. The predicted molar refractivity (Wildman–Crippen MR) is 128 cm³/mol. The highest BCUT2D eigenvalue weighted by molar-refractivity contribution is 7.97. The maximum absolute atomic E-state index is 12.8. The zero-order valence-electron chi connectivity index (χ0n) is 19.4. The van der Waals surface area contributed by atoms with Gasteiger partial charge in [0, 0.05) is 17.9 Å². The van der Waals surface area contributed by atoms with Crippen molar-refractivity contribution < 1.29 is 32.5 Å². The number of ether oxygens (including phenoxy) is 2. The molecule has 1 heterocycles. The number of hydrogen-bond donors (Lipinski definition) is 1. The molecule has 1 saturated heterocycles. The standard InChI is InChI=1S/C26H30F3NO4S/c27-26(28,29)19-6-8-21(9-7-19)34-22-14-15-30(24(16-22)25(31)32)35-23-12-10-20(11-13-23)33-17-18-4-2-1-3-5-18/h6-13,18,22,24H,1-5,14-17H2,(H,31,32). The Hall–Kier alpha value is -2.39. The maximum Gasteiger partial charge on any atom is 0.416 e. The molecule has 2 atom stereocenters. The Morgan fingerprint density at radius 1 is 0.971 bits per heavy atom. The number of carbonyl (C=O) groups is 1. The van der Waals surface area contributed by atoms with Crippen molar-refractivity contribution in [3.8, 4) is 11.5 Å². The van der Waals surface area contributed by atoms with Crippen LogP contribution in [-0.4, -0.2) is 40.7 Å². The van der Waals surface area contributed by atoms with Gasteiger partial charge in [0.1, 0.15) is 23.6 Å². The lowest BCUT2D eigenvalue weighted by molar-refractivity contribution is -0.143. The van der Waals surface area contributed by atoms with Crippen molar-refractivity contribution in [1.29, 1.82) is 0 Å². The average molecular weight is 510 g/mol. The second-order valence-corrected chi connectivity index (χ2v) is 10.3. The summed E-state index contributed by atoms with van der Waals surface area (Å²) in [5.74, 6) is 0.793. The molecule has 2 fully saturated rings. The van der Waals surface area contributed by atoms with E-state index in [0.29, 0.717) is 24.6 Å². The van der Waals surface area contributed by atoms with Crippen LogP contribution in [-0.2, 0) is 11.0 Å². The third-order valence-corrected chi connectivity index (χ3v) is 7.69. The summed E-state index contributed by atoms with van der Waals surface area (Å²) in [5.41, 5.74) is -0.745. The topological polar surface area (TPSA) is 59.0 Å². The normalized spacial score (nSPS) is 22.0. The number of benzene rings is 2. The Labute approximate surface area is 207 Å². The zero-order chi connectivity index (χ0) is 24.8. The fourth-order valence-electron chi connectivity index (χ4n) is 4.57. The number of nitrogens with zero attached hydrogens (tertiary/aromatic N) is 1. The molecule has 0 spiro atoms. The largest absolute Gasteiger partial charge is 0.493 e. The Balaban J connectivity index is 1.29. The molecule has 9 heteroatoms. The first-order valence-electron chi connectivity index (χ1n) is 12.0. The highest BCUT2D eigenvalue weighted by atomic mass is 32.2. The van der Waals surface area contributed by atoms with Crippen LogP contribution in [0.3, 0.4) is 0 Å². The van der Waals surface area contributed by atoms with Gasteiger partial charge in [-0.3, -0.25) is 4.79 Å². The molecular formula is C26H30F3NO4S. The van der Waals surface area contributed by atoms with E-state index in [2.05, 4.69) is 0 Å². The van der Waals surface area contributed by atoms with Crippen LogP contribution >= 0.6 is 11.9 Å². The van der Waals surface area contributed by atoms with Crippen molar-refractivity contribution in [1.82, 2.24) is 4.31 Å². The number of piperidine rings is 1. The average Bonchev–Trinajstić information content (AvgIpc) is 2.85. The third kappa shape index (κ3) is 7.30. The summed E-state index contributed by atoms with van der Waals surface area (Å²) >= 11 is 1.39. The number of carboxylic acids is 1. The van der Waals surface area contributed by atoms with Crippen LogP contribution in [0.2, 0.25) is 0 Å². The Morgan fingerprint density at radius 2 is 1.63 bits per heavy atom. The van der Waals surface area contributed by atoms with E-state index in [4.69, 9.17) is 9.47 Å². The number of hydrogen-bond acceptors (Lipinski definition) is 5. The molecular weight excluding hydrogens is 479 g/mol. The maximum atomic E-state index is 12.8. The van der Waals surface area contributed by atoms with E-state index in [1.165, 1.54) is 56.2 Å². The molecule has 1 aliphatic heterocycles. The van der Waals surface area contributed by atoms with E-state index in [1.807, 2.05) is 28.6 Å². The van der Waals surface area contributed by atoms with Crippen LogP contribution in [0.4, 0.5) is 13.2 Å². The summed E-state index contributed by atoms with van der Waals surface area (Å²) < 4.78 is 51.9. The van der Waals surface area contributed by atoms with Gasteiger partial charge in [-0.15, -0.1) is 0 Å². The molecule has 4 rings (SSSR count). The van der Waals surface area contributed by atoms with Crippen molar-refractivity contribution >= 4 is 17.9 Å². The van der Waals surface area contributed by atoms with Crippen LogP contribution < -0.4 is 9.47 Å². The number of carboxylic acid groups (broad SMARTS) is 1. The van der Waals surface area contributed by atoms with E-state index >= 15 is 0 Å². The summed E-state index contributed by atoms with van der Waals surface area (Å²) in [6.07, 6.45) is 2.34.